The molecule has 0 heterocycles. The van der Waals surface area contributed by atoms with Gasteiger partial charge in [-0.2, -0.15) is 0 Å². The molecule has 1 aromatic rings. The fraction of sp³-hybridized carbons (Fsp3) is 0.591. The van der Waals surface area contributed by atoms with Crippen molar-refractivity contribution in [3.05, 3.63) is 29.3 Å². The summed E-state index contributed by atoms with van der Waals surface area (Å²) in [4.78, 5) is 35.3. The zero-order chi connectivity index (χ0) is 22.4. The van der Waals surface area contributed by atoms with E-state index in [4.69, 9.17) is 15.6 Å². The molecule has 29 heavy (non-hydrogen) atoms. The highest BCUT2D eigenvalue weighted by Gasteiger charge is 2.27. The Morgan fingerprint density at radius 2 is 1.62 bits per heavy atom. The minimum atomic E-state index is -1.14. The number of carbonyl (C=O) groups excluding carboxylic acids is 2. The van der Waals surface area contributed by atoms with E-state index in [1.54, 1.807) is 0 Å². The van der Waals surface area contributed by atoms with E-state index in [0.717, 1.165) is 11.1 Å². The first kappa shape index (κ1) is 24.6. The summed E-state index contributed by atoms with van der Waals surface area (Å²) in [6.45, 7) is 12.0. The van der Waals surface area contributed by atoms with E-state index in [1.807, 2.05) is 32.0 Å². The van der Waals surface area contributed by atoms with Crippen molar-refractivity contribution in [2.75, 3.05) is 6.54 Å². The largest absolute Gasteiger partial charge is 0.481 e. The summed E-state index contributed by atoms with van der Waals surface area (Å²) in [5, 5.41) is 11.3. The Balaban J connectivity index is 2.81. The standard InChI is InChI=1S/C22H34N2O5/c1-13(2)15-8-7-9-16(14(3)4)20(15)29-19(27)11-22(5,6)12-24-21(28)17(23)10-18(25)26/h7-9,13-14,17H,10-12,23H2,1-6H3,(H,24,28)(H,25,26)/t17-/m0/s1. The quantitative estimate of drug-likeness (QED) is 0.406. The van der Waals surface area contributed by atoms with Crippen molar-refractivity contribution >= 4 is 17.8 Å². The van der Waals surface area contributed by atoms with Crippen LogP contribution in [0.3, 0.4) is 0 Å². The third-order valence-corrected chi connectivity index (χ3v) is 4.63. The van der Waals surface area contributed by atoms with Gasteiger partial charge in [-0.3, -0.25) is 14.4 Å². The molecule has 4 N–H and O–H groups in total. The molecule has 1 amide bonds. The number of carboxylic acids is 1. The number of hydrogen-bond acceptors (Lipinski definition) is 5. The van der Waals surface area contributed by atoms with Crippen LogP contribution in [0.2, 0.25) is 0 Å². The third kappa shape index (κ3) is 7.85. The van der Waals surface area contributed by atoms with E-state index >= 15 is 0 Å². The van der Waals surface area contributed by atoms with Gasteiger partial charge in [-0.25, -0.2) is 0 Å². The van der Waals surface area contributed by atoms with Gasteiger partial charge in [-0.1, -0.05) is 59.7 Å². The average Bonchev–Trinajstić information content (AvgIpc) is 2.58. The van der Waals surface area contributed by atoms with Crippen LogP contribution >= 0.6 is 0 Å². The maximum absolute atomic E-state index is 12.7. The molecule has 0 aromatic heterocycles. The minimum absolute atomic E-state index is 0.0887. The summed E-state index contributed by atoms with van der Waals surface area (Å²) in [5.74, 6) is -1.04. The Morgan fingerprint density at radius 1 is 1.10 bits per heavy atom. The molecule has 7 heteroatoms. The predicted molar refractivity (Wildman–Crippen MR) is 112 cm³/mol. The van der Waals surface area contributed by atoms with Crippen LogP contribution in [0.1, 0.15) is 77.3 Å². The van der Waals surface area contributed by atoms with Gasteiger partial charge in [0.25, 0.3) is 0 Å². The third-order valence-electron chi connectivity index (χ3n) is 4.63. The van der Waals surface area contributed by atoms with Crippen LogP contribution in [0.15, 0.2) is 18.2 Å². The summed E-state index contributed by atoms with van der Waals surface area (Å²) in [7, 11) is 0. The first-order valence-corrected chi connectivity index (χ1v) is 9.92. The Hall–Kier alpha value is -2.41. The van der Waals surface area contributed by atoms with Gasteiger partial charge in [-0.05, 0) is 28.4 Å². The molecule has 7 nitrogen and oxygen atoms in total. The highest BCUT2D eigenvalue weighted by atomic mass is 16.5. The molecule has 1 aromatic carbocycles. The number of ether oxygens (including phenoxy) is 1. The second-order valence-corrected chi connectivity index (χ2v) is 8.81. The summed E-state index contributed by atoms with van der Waals surface area (Å²) < 4.78 is 5.79. The molecule has 0 saturated heterocycles. The van der Waals surface area contributed by atoms with Crippen molar-refractivity contribution in [3.63, 3.8) is 0 Å². The normalized spacial score (nSPS) is 12.7. The lowest BCUT2D eigenvalue weighted by Crippen LogP contribution is -2.45. The van der Waals surface area contributed by atoms with E-state index < -0.39 is 29.8 Å². The number of carbonyl (C=O) groups is 3. The number of amides is 1. The molecule has 0 spiro atoms. The summed E-state index contributed by atoms with van der Waals surface area (Å²) in [6.07, 6.45) is -0.357. The summed E-state index contributed by atoms with van der Waals surface area (Å²) in [6, 6.07) is 4.78. The monoisotopic (exact) mass is 406 g/mol. The predicted octanol–water partition coefficient (Wildman–Crippen LogP) is 3.17. The number of para-hydroxylation sites is 1. The number of benzene rings is 1. The summed E-state index contributed by atoms with van der Waals surface area (Å²) in [5.41, 5.74) is 6.94. The number of carboxylic acid groups (broad SMARTS) is 1. The number of hydrogen-bond donors (Lipinski definition) is 3. The highest BCUT2D eigenvalue weighted by molar-refractivity contribution is 5.86. The number of esters is 1. The van der Waals surface area contributed by atoms with Crippen molar-refractivity contribution in [3.8, 4) is 5.75 Å². The van der Waals surface area contributed by atoms with Crippen LogP contribution in [-0.4, -0.2) is 35.5 Å². The van der Waals surface area contributed by atoms with Gasteiger partial charge in [-0.15, -0.1) is 0 Å². The maximum atomic E-state index is 12.7. The molecule has 0 aliphatic rings. The van der Waals surface area contributed by atoms with Crippen molar-refractivity contribution in [2.45, 2.75) is 72.3 Å². The first-order chi connectivity index (χ1) is 13.3. The van der Waals surface area contributed by atoms with Crippen molar-refractivity contribution in [2.24, 2.45) is 11.1 Å². The molecule has 0 aliphatic heterocycles. The summed E-state index contributed by atoms with van der Waals surface area (Å²) >= 11 is 0. The smallest absolute Gasteiger partial charge is 0.311 e. The van der Waals surface area contributed by atoms with Crippen LogP contribution < -0.4 is 15.8 Å². The van der Waals surface area contributed by atoms with E-state index in [0.29, 0.717) is 5.75 Å². The lowest BCUT2D eigenvalue weighted by molar-refractivity contribution is -0.139. The van der Waals surface area contributed by atoms with Crippen LogP contribution in [0.5, 0.6) is 5.75 Å². The fourth-order valence-corrected chi connectivity index (χ4v) is 2.94. The zero-order valence-corrected chi connectivity index (χ0v) is 18.2. The van der Waals surface area contributed by atoms with Gasteiger partial charge in [0.1, 0.15) is 5.75 Å². The molecular weight excluding hydrogens is 372 g/mol. The van der Waals surface area contributed by atoms with Crippen LogP contribution in [0, 0.1) is 5.41 Å². The van der Waals surface area contributed by atoms with E-state index in [-0.39, 0.29) is 30.8 Å². The van der Waals surface area contributed by atoms with Gasteiger partial charge in [0.15, 0.2) is 0 Å². The van der Waals surface area contributed by atoms with Crippen molar-refractivity contribution in [1.82, 2.24) is 5.32 Å². The second kappa shape index (κ2) is 10.4. The fourth-order valence-electron chi connectivity index (χ4n) is 2.94. The molecule has 0 radical (unpaired) electrons. The topological polar surface area (TPSA) is 119 Å². The van der Waals surface area contributed by atoms with Gasteiger partial charge in [0.05, 0.1) is 18.9 Å². The van der Waals surface area contributed by atoms with Crippen molar-refractivity contribution in [1.29, 1.82) is 0 Å². The second-order valence-electron chi connectivity index (χ2n) is 8.81. The Labute approximate surface area is 173 Å². The van der Waals surface area contributed by atoms with Gasteiger partial charge >= 0.3 is 11.9 Å². The lowest BCUT2D eigenvalue weighted by atomic mass is 9.89. The van der Waals surface area contributed by atoms with E-state index in [1.165, 1.54) is 0 Å². The van der Waals surface area contributed by atoms with Crippen molar-refractivity contribution < 1.29 is 24.2 Å². The van der Waals surface area contributed by atoms with Crippen LogP contribution in [0.4, 0.5) is 0 Å². The number of nitrogens with one attached hydrogen (secondary N) is 1. The minimum Gasteiger partial charge on any atom is -0.481 e. The first-order valence-electron chi connectivity index (χ1n) is 9.92. The molecule has 1 atom stereocenters. The molecule has 0 unspecified atom stereocenters. The zero-order valence-electron chi connectivity index (χ0n) is 18.2. The van der Waals surface area contributed by atoms with E-state index in [9.17, 15) is 14.4 Å². The van der Waals surface area contributed by atoms with Crippen LogP contribution in [-0.2, 0) is 14.4 Å². The molecule has 162 valence electrons. The van der Waals surface area contributed by atoms with Gasteiger partial charge in [0, 0.05) is 6.54 Å². The van der Waals surface area contributed by atoms with Gasteiger partial charge in [0.2, 0.25) is 5.91 Å². The Bertz CT molecular complexity index is 714. The molecule has 0 bridgehead atoms. The maximum Gasteiger partial charge on any atom is 0.311 e. The number of rotatable bonds is 10. The average molecular weight is 407 g/mol. The Kier molecular flexibility index (Phi) is 8.82. The Morgan fingerprint density at radius 3 is 2.07 bits per heavy atom. The molecule has 0 aliphatic carbocycles. The number of aliphatic carboxylic acids is 1. The lowest BCUT2D eigenvalue weighted by Gasteiger charge is -2.25. The highest BCUT2D eigenvalue weighted by Crippen LogP contribution is 2.35. The molecule has 1 rings (SSSR count). The van der Waals surface area contributed by atoms with E-state index in [2.05, 4.69) is 33.0 Å². The van der Waals surface area contributed by atoms with Gasteiger partial charge < -0.3 is 20.9 Å². The molecule has 0 saturated carbocycles. The molecule has 0 fully saturated rings. The SMILES string of the molecule is CC(C)c1cccc(C(C)C)c1OC(=O)CC(C)(C)CNC(=O)[C@@H](N)CC(=O)O. The molecular formula is C22H34N2O5. The van der Waals surface area contributed by atoms with Crippen LogP contribution in [0.25, 0.3) is 0 Å². The number of nitrogens with two attached hydrogens (primary N) is 1.